The molecule has 20 heavy (non-hydrogen) atoms. The molecule has 1 aromatic heterocycles. The van der Waals surface area contributed by atoms with Crippen LogP contribution in [0.4, 0.5) is 11.8 Å². The monoisotopic (exact) mass is 272 g/mol. The molecule has 1 aromatic carbocycles. The van der Waals surface area contributed by atoms with E-state index < -0.39 is 0 Å². The summed E-state index contributed by atoms with van der Waals surface area (Å²) in [7, 11) is 3.84. The summed E-state index contributed by atoms with van der Waals surface area (Å²) >= 11 is 0. The molecule has 5 nitrogen and oxygen atoms in total. The first-order chi connectivity index (χ1) is 9.69. The molecule has 106 valence electrons. The Kier molecular flexibility index (Phi) is 4.76. The summed E-state index contributed by atoms with van der Waals surface area (Å²) in [5.74, 6) is 2.40. The van der Waals surface area contributed by atoms with E-state index in [0.29, 0.717) is 19.1 Å². The second-order valence-electron chi connectivity index (χ2n) is 4.57. The van der Waals surface area contributed by atoms with Crippen LogP contribution >= 0.6 is 0 Å². The van der Waals surface area contributed by atoms with Crippen LogP contribution in [0.15, 0.2) is 36.5 Å². The molecule has 0 radical (unpaired) electrons. The third kappa shape index (κ3) is 3.85. The predicted molar refractivity (Wildman–Crippen MR) is 81.3 cm³/mol. The van der Waals surface area contributed by atoms with Crippen molar-refractivity contribution in [2.24, 2.45) is 0 Å². The van der Waals surface area contributed by atoms with Gasteiger partial charge in [-0.05, 0) is 30.7 Å². The lowest BCUT2D eigenvalue weighted by Gasteiger charge is -2.12. The van der Waals surface area contributed by atoms with Crippen LogP contribution in [0.25, 0.3) is 0 Å². The molecule has 0 aliphatic rings. The minimum Gasteiger partial charge on any atom is -0.494 e. The van der Waals surface area contributed by atoms with Gasteiger partial charge in [0.1, 0.15) is 11.6 Å². The Morgan fingerprint density at radius 1 is 1.25 bits per heavy atom. The number of benzene rings is 1. The fraction of sp³-hybridized carbons (Fsp3) is 0.333. The van der Waals surface area contributed by atoms with Crippen LogP contribution in [0.5, 0.6) is 5.75 Å². The molecule has 0 aliphatic carbocycles. The summed E-state index contributed by atoms with van der Waals surface area (Å²) in [6, 6.07) is 9.91. The van der Waals surface area contributed by atoms with Gasteiger partial charge in [-0.1, -0.05) is 12.1 Å². The number of aromatic nitrogens is 2. The van der Waals surface area contributed by atoms with Crippen LogP contribution in [-0.4, -0.2) is 30.7 Å². The third-order valence-corrected chi connectivity index (χ3v) is 2.73. The Hall–Kier alpha value is -2.30. The smallest absolute Gasteiger partial charge is 0.226 e. The summed E-state index contributed by atoms with van der Waals surface area (Å²) in [6.45, 7) is 3.36. The molecule has 0 aliphatic heterocycles. The Morgan fingerprint density at radius 3 is 2.85 bits per heavy atom. The molecule has 0 saturated carbocycles. The fourth-order valence-corrected chi connectivity index (χ4v) is 1.77. The molecule has 1 N–H and O–H groups in total. The predicted octanol–water partition coefficient (Wildman–Crippen LogP) is 2.55. The number of anilines is 2. The Balaban J connectivity index is 2.01. The molecule has 0 bridgehead atoms. The van der Waals surface area contributed by atoms with Gasteiger partial charge in [-0.25, -0.2) is 4.98 Å². The van der Waals surface area contributed by atoms with Gasteiger partial charge in [0.05, 0.1) is 6.61 Å². The van der Waals surface area contributed by atoms with Crippen molar-refractivity contribution >= 4 is 11.8 Å². The quantitative estimate of drug-likeness (QED) is 0.875. The summed E-state index contributed by atoms with van der Waals surface area (Å²) in [5, 5.41) is 3.29. The van der Waals surface area contributed by atoms with Gasteiger partial charge < -0.3 is 15.0 Å². The van der Waals surface area contributed by atoms with Crippen LogP contribution in [0.3, 0.4) is 0 Å². The standard InChI is InChI=1S/C15H20N4O/c1-4-20-13-7-5-6-12(10-13)11-17-14-8-9-16-15(18-14)19(2)3/h5-10H,4,11H2,1-3H3,(H,16,17,18). The van der Waals surface area contributed by atoms with Crippen molar-refractivity contribution in [3.8, 4) is 5.75 Å². The van der Waals surface area contributed by atoms with Gasteiger partial charge in [0.2, 0.25) is 5.95 Å². The van der Waals surface area contributed by atoms with Crippen molar-refractivity contribution in [1.82, 2.24) is 9.97 Å². The molecule has 0 spiro atoms. The van der Waals surface area contributed by atoms with Crippen LogP contribution in [0.2, 0.25) is 0 Å². The maximum absolute atomic E-state index is 5.49. The van der Waals surface area contributed by atoms with Gasteiger partial charge in [-0.15, -0.1) is 0 Å². The zero-order valence-electron chi connectivity index (χ0n) is 12.1. The second-order valence-corrected chi connectivity index (χ2v) is 4.57. The molecule has 2 aromatic rings. The number of rotatable bonds is 6. The van der Waals surface area contributed by atoms with Crippen molar-refractivity contribution in [3.63, 3.8) is 0 Å². The highest BCUT2D eigenvalue weighted by molar-refractivity contribution is 5.41. The molecule has 2 rings (SSSR count). The maximum Gasteiger partial charge on any atom is 0.226 e. The number of hydrogen-bond acceptors (Lipinski definition) is 5. The van der Waals surface area contributed by atoms with Gasteiger partial charge in [-0.3, -0.25) is 0 Å². The highest BCUT2D eigenvalue weighted by atomic mass is 16.5. The van der Waals surface area contributed by atoms with E-state index in [9.17, 15) is 0 Å². The molecule has 0 atom stereocenters. The third-order valence-electron chi connectivity index (χ3n) is 2.73. The highest BCUT2D eigenvalue weighted by Crippen LogP contribution is 2.15. The molecular formula is C15H20N4O. The van der Waals surface area contributed by atoms with Crippen molar-refractivity contribution < 1.29 is 4.74 Å². The lowest BCUT2D eigenvalue weighted by molar-refractivity contribution is 0.340. The largest absolute Gasteiger partial charge is 0.494 e. The first-order valence-electron chi connectivity index (χ1n) is 6.65. The second kappa shape index (κ2) is 6.75. The Labute approximate surface area is 119 Å². The van der Waals surface area contributed by atoms with Gasteiger partial charge in [0.15, 0.2) is 0 Å². The maximum atomic E-state index is 5.49. The van der Waals surface area contributed by atoms with E-state index in [0.717, 1.165) is 17.1 Å². The number of ether oxygens (including phenoxy) is 1. The van der Waals surface area contributed by atoms with E-state index >= 15 is 0 Å². The average molecular weight is 272 g/mol. The topological polar surface area (TPSA) is 50.3 Å². The zero-order valence-corrected chi connectivity index (χ0v) is 12.1. The molecule has 0 unspecified atom stereocenters. The van der Waals surface area contributed by atoms with E-state index in [1.165, 1.54) is 0 Å². The highest BCUT2D eigenvalue weighted by Gasteiger charge is 2.01. The minimum absolute atomic E-state index is 0.676. The molecule has 0 amide bonds. The lowest BCUT2D eigenvalue weighted by atomic mass is 10.2. The van der Waals surface area contributed by atoms with Gasteiger partial charge >= 0.3 is 0 Å². The summed E-state index contributed by atoms with van der Waals surface area (Å²) in [5.41, 5.74) is 1.15. The summed E-state index contributed by atoms with van der Waals surface area (Å²) < 4.78 is 5.49. The van der Waals surface area contributed by atoms with Crippen LogP contribution in [-0.2, 0) is 6.54 Å². The Morgan fingerprint density at radius 2 is 2.10 bits per heavy atom. The van der Waals surface area contributed by atoms with E-state index in [4.69, 9.17) is 4.74 Å². The lowest BCUT2D eigenvalue weighted by Crippen LogP contribution is -2.13. The molecule has 0 fully saturated rings. The Bertz CT molecular complexity index is 557. The first-order valence-corrected chi connectivity index (χ1v) is 6.65. The normalized spacial score (nSPS) is 10.2. The van der Waals surface area contributed by atoms with E-state index in [1.807, 2.05) is 50.2 Å². The number of nitrogens with zero attached hydrogens (tertiary/aromatic N) is 3. The number of nitrogens with one attached hydrogen (secondary N) is 1. The van der Waals surface area contributed by atoms with Crippen molar-refractivity contribution in [1.29, 1.82) is 0 Å². The average Bonchev–Trinajstić information content (AvgIpc) is 2.46. The van der Waals surface area contributed by atoms with E-state index in [-0.39, 0.29) is 0 Å². The minimum atomic E-state index is 0.676. The van der Waals surface area contributed by atoms with Gasteiger partial charge in [-0.2, -0.15) is 4.98 Å². The fourth-order valence-electron chi connectivity index (χ4n) is 1.77. The molecule has 0 saturated heterocycles. The summed E-state index contributed by atoms with van der Waals surface area (Å²) in [6.07, 6.45) is 1.75. The van der Waals surface area contributed by atoms with E-state index in [2.05, 4.69) is 21.4 Å². The molecule has 1 heterocycles. The van der Waals surface area contributed by atoms with Crippen LogP contribution < -0.4 is 15.0 Å². The zero-order chi connectivity index (χ0) is 14.4. The SMILES string of the molecule is CCOc1cccc(CNc2ccnc(N(C)C)n2)c1. The van der Waals surface area contributed by atoms with Gasteiger partial charge in [0.25, 0.3) is 0 Å². The van der Waals surface area contributed by atoms with E-state index in [1.54, 1.807) is 6.20 Å². The van der Waals surface area contributed by atoms with Crippen molar-refractivity contribution in [3.05, 3.63) is 42.1 Å². The summed E-state index contributed by atoms with van der Waals surface area (Å²) in [4.78, 5) is 10.5. The first kappa shape index (κ1) is 14.1. The van der Waals surface area contributed by atoms with Crippen LogP contribution in [0, 0.1) is 0 Å². The molecule has 5 heteroatoms. The number of hydrogen-bond donors (Lipinski definition) is 1. The van der Waals surface area contributed by atoms with Crippen molar-refractivity contribution in [2.45, 2.75) is 13.5 Å². The van der Waals surface area contributed by atoms with Gasteiger partial charge in [0, 0.05) is 26.8 Å². The van der Waals surface area contributed by atoms with Crippen LogP contribution in [0.1, 0.15) is 12.5 Å². The molecular weight excluding hydrogens is 252 g/mol. The van der Waals surface area contributed by atoms with Crippen molar-refractivity contribution in [2.75, 3.05) is 30.9 Å².